The van der Waals surface area contributed by atoms with Crippen LogP contribution in [0.3, 0.4) is 0 Å². The third-order valence-electron chi connectivity index (χ3n) is 4.76. The summed E-state index contributed by atoms with van der Waals surface area (Å²) >= 11 is 6.09. The molecule has 30 heavy (non-hydrogen) atoms. The fraction of sp³-hybridized carbons (Fsp3) is 0.227. The Morgan fingerprint density at radius 3 is 2.67 bits per heavy atom. The summed E-state index contributed by atoms with van der Waals surface area (Å²) in [7, 11) is 0. The van der Waals surface area contributed by atoms with Crippen LogP contribution < -0.4 is 10.6 Å². The van der Waals surface area contributed by atoms with E-state index in [1.165, 1.54) is 0 Å². The van der Waals surface area contributed by atoms with Gasteiger partial charge in [0.1, 0.15) is 0 Å². The molecule has 1 aromatic heterocycles. The Kier molecular flexibility index (Phi) is 5.46. The van der Waals surface area contributed by atoms with Crippen molar-refractivity contribution in [2.45, 2.75) is 25.8 Å². The van der Waals surface area contributed by atoms with Crippen molar-refractivity contribution in [2.75, 3.05) is 11.9 Å². The molecule has 4 rings (SSSR count). The first-order valence-electron chi connectivity index (χ1n) is 9.48. The Hall–Kier alpha value is -3.32. The molecule has 154 valence electrons. The molecule has 3 aromatic rings. The van der Waals surface area contributed by atoms with Crippen LogP contribution in [0.5, 0.6) is 0 Å². The number of amides is 2. The molecule has 0 aliphatic heterocycles. The van der Waals surface area contributed by atoms with E-state index in [1.807, 2.05) is 0 Å². The third kappa shape index (κ3) is 4.31. The number of carbonyl (C=O) groups is 3. The second-order valence-electron chi connectivity index (χ2n) is 7.13. The summed E-state index contributed by atoms with van der Waals surface area (Å²) in [6, 6.07) is 12.0. The first kappa shape index (κ1) is 20.0. The molecule has 0 saturated heterocycles. The molecular formula is C22H19ClN2O5. The van der Waals surface area contributed by atoms with Crippen molar-refractivity contribution in [3.05, 3.63) is 64.4 Å². The van der Waals surface area contributed by atoms with Crippen LogP contribution in [0.15, 0.2) is 46.9 Å². The Morgan fingerprint density at radius 2 is 1.93 bits per heavy atom. The van der Waals surface area contributed by atoms with Gasteiger partial charge in [-0.05, 0) is 44.0 Å². The molecule has 0 bridgehead atoms. The first-order chi connectivity index (χ1) is 14.4. The zero-order valence-electron chi connectivity index (χ0n) is 16.2. The molecule has 7 nitrogen and oxygen atoms in total. The highest BCUT2D eigenvalue weighted by molar-refractivity contribution is 6.35. The molecule has 2 amide bonds. The highest BCUT2D eigenvalue weighted by Gasteiger charge is 2.24. The minimum atomic E-state index is -0.757. The minimum absolute atomic E-state index is 0.00430. The maximum atomic E-state index is 12.4. The SMILES string of the molecule is Cc1c(C(=O)OCC(=O)Nc2cccc(C(=O)NC3CC3)c2)oc2c(Cl)cccc12. The van der Waals surface area contributed by atoms with Crippen LogP contribution in [0.4, 0.5) is 5.69 Å². The van der Waals surface area contributed by atoms with Crippen LogP contribution in [-0.4, -0.2) is 30.4 Å². The summed E-state index contributed by atoms with van der Waals surface area (Å²) in [5, 5.41) is 6.60. The topological polar surface area (TPSA) is 97.6 Å². The van der Waals surface area contributed by atoms with E-state index in [0.717, 1.165) is 12.8 Å². The van der Waals surface area contributed by atoms with Gasteiger partial charge in [0, 0.05) is 28.2 Å². The Morgan fingerprint density at radius 1 is 1.17 bits per heavy atom. The molecule has 1 fully saturated rings. The van der Waals surface area contributed by atoms with E-state index in [1.54, 1.807) is 49.4 Å². The predicted octanol–water partition coefficient (Wildman–Crippen LogP) is 4.08. The van der Waals surface area contributed by atoms with Crippen molar-refractivity contribution in [3.63, 3.8) is 0 Å². The third-order valence-corrected chi connectivity index (χ3v) is 5.05. The van der Waals surface area contributed by atoms with E-state index in [9.17, 15) is 14.4 Å². The van der Waals surface area contributed by atoms with E-state index in [2.05, 4.69) is 10.6 Å². The molecule has 2 N–H and O–H groups in total. The van der Waals surface area contributed by atoms with Crippen LogP contribution in [0.1, 0.15) is 39.3 Å². The van der Waals surface area contributed by atoms with Gasteiger partial charge in [0.15, 0.2) is 12.2 Å². The van der Waals surface area contributed by atoms with Crippen LogP contribution >= 0.6 is 11.6 Å². The zero-order chi connectivity index (χ0) is 21.3. The van der Waals surface area contributed by atoms with Gasteiger partial charge >= 0.3 is 5.97 Å². The van der Waals surface area contributed by atoms with E-state index < -0.39 is 18.5 Å². The summed E-state index contributed by atoms with van der Waals surface area (Å²) < 4.78 is 10.6. The van der Waals surface area contributed by atoms with Gasteiger partial charge in [-0.1, -0.05) is 29.8 Å². The number of anilines is 1. The summed E-state index contributed by atoms with van der Waals surface area (Å²) in [6.45, 7) is 1.22. The van der Waals surface area contributed by atoms with E-state index in [0.29, 0.717) is 32.8 Å². The second kappa shape index (κ2) is 8.20. The summed E-state index contributed by atoms with van der Waals surface area (Å²) in [6.07, 6.45) is 1.98. The largest absolute Gasteiger partial charge is 0.450 e. The number of para-hydroxylation sites is 1. The number of ether oxygens (including phenoxy) is 1. The van der Waals surface area contributed by atoms with Gasteiger partial charge in [-0.25, -0.2) is 4.79 Å². The van der Waals surface area contributed by atoms with Gasteiger partial charge in [-0.3, -0.25) is 9.59 Å². The van der Waals surface area contributed by atoms with E-state index in [4.69, 9.17) is 20.8 Å². The van der Waals surface area contributed by atoms with Crippen molar-refractivity contribution in [3.8, 4) is 0 Å². The lowest BCUT2D eigenvalue weighted by Crippen LogP contribution is -2.25. The maximum absolute atomic E-state index is 12.4. The number of hydrogen-bond donors (Lipinski definition) is 2. The van der Waals surface area contributed by atoms with Crippen molar-refractivity contribution in [1.82, 2.24) is 5.32 Å². The van der Waals surface area contributed by atoms with E-state index in [-0.39, 0.29) is 17.7 Å². The van der Waals surface area contributed by atoms with Crippen molar-refractivity contribution in [1.29, 1.82) is 0 Å². The average molecular weight is 427 g/mol. The monoisotopic (exact) mass is 426 g/mol. The number of carbonyl (C=O) groups excluding carboxylic acids is 3. The molecule has 0 unspecified atom stereocenters. The van der Waals surface area contributed by atoms with Gasteiger partial charge in [0.05, 0.1) is 5.02 Å². The lowest BCUT2D eigenvalue weighted by Gasteiger charge is -2.08. The quantitative estimate of drug-likeness (QED) is 0.579. The summed E-state index contributed by atoms with van der Waals surface area (Å²) in [4.78, 5) is 36.7. The molecule has 1 aliphatic rings. The fourth-order valence-corrected chi connectivity index (χ4v) is 3.24. The second-order valence-corrected chi connectivity index (χ2v) is 7.53. The number of furan rings is 1. The molecule has 2 aromatic carbocycles. The molecule has 0 radical (unpaired) electrons. The number of aryl methyl sites for hydroxylation is 1. The molecule has 8 heteroatoms. The van der Waals surface area contributed by atoms with E-state index >= 15 is 0 Å². The molecular weight excluding hydrogens is 408 g/mol. The first-order valence-corrected chi connectivity index (χ1v) is 9.85. The van der Waals surface area contributed by atoms with Gasteiger partial charge in [-0.2, -0.15) is 0 Å². The number of nitrogens with one attached hydrogen (secondary N) is 2. The molecule has 1 heterocycles. The number of benzene rings is 2. The van der Waals surface area contributed by atoms with Crippen LogP contribution in [0.25, 0.3) is 11.0 Å². The van der Waals surface area contributed by atoms with Crippen LogP contribution in [0, 0.1) is 6.92 Å². The standard InChI is InChI=1S/C22H19ClN2O5/c1-12-16-6-3-7-17(23)20(16)30-19(12)22(28)29-11-18(26)24-15-5-2-4-13(10-15)21(27)25-14-8-9-14/h2-7,10,14H,8-9,11H2,1H3,(H,24,26)(H,25,27). The van der Waals surface area contributed by atoms with Crippen molar-refractivity contribution < 1.29 is 23.5 Å². The Bertz CT molecular complexity index is 1150. The average Bonchev–Trinajstić information content (AvgIpc) is 3.48. The molecule has 0 spiro atoms. The fourth-order valence-electron chi connectivity index (χ4n) is 3.03. The van der Waals surface area contributed by atoms with Crippen LogP contribution in [-0.2, 0) is 9.53 Å². The number of fused-ring (bicyclic) bond motifs is 1. The lowest BCUT2D eigenvalue weighted by atomic mass is 10.1. The highest BCUT2D eigenvalue weighted by atomic mass is 35.5. The van der Waals surface area contributed by atoms with Gasteiger partial charge in [-0.15, -0.1) is 0 Å². The summed E-state index contributed by atoms with van der Waals surface area (Å²) in [5.41, 5.74) is 1.87. The number of rotatable bonds is 6. The number of halogens is 1. The Labute approximate surface area is 177 Å². The van der Waals surface area contributed by atoms with Crippen molar-refractivity contribution >= 4 is 46.0 Å². The predicted molar refractivity (Wildman–Crippen MR) is 112 cm³/mol. The highest BCUT2D eigenvalue weighted by Crippen LogP contribution is 2.31. The number of esters is 1. The van der Waals surface area contributed by atoms with Gasteiger partial charge in [0.25, 0.3) is 11.8 Å². The number of hydrogen-bond acceptors (Lipinski definition) is 5. The van der Waals surface area contributed by atoms with Crippen molar-refractivity contribution in [2.24, 2.45) is 0 Å². The maximum Gasteiger partial charge on any atom is 0.375 e. The smallest absolute Gasteiger partial charge is 0.375 e. The molecule has 1 saturated carbocycles. The summed E-state index contributed by atoms with van der Waals surface area (Å²) in [5.74, 6) is -1.47. The normalized spacial score (nSPS) is 13.1. The molecule has 0 atom stereocenters. The lowest BCUT2D eigenvalue weighted by molar-refractivity contribution is -0.119. The minimum Gasteiger partial charge on any atom is -0.450 e. The Balaban J connectivity index is 1.37. The van der Waals surface area contributed by atoms with Gasteiger partial charge in [0.2, 0.25) is 5.76 Å². The van der Waals surface area contributed by atoms with Crippen LogP contribution in [0.2, 0.25) is 5.02 Å². The van der Waals surface area contributed by atoms with Gasteiger partial charge < -0.3 is 19.8 Å². The zero-order valence-corrected chi connectivity index (χ0v) is 16.9. The molecule has 1 aliphatic carbocycles.